The molecule has 0 unspecified atom stereocenters. The average molecular weight is 331 g/mol. The van der Waals surface area contributed by atoms with E-state index in [-0.39, 0.29) is 11.9 Å². The number of H-pyrrole nitrogens is 1. The first-order chi connectivity index (χ1) is 12.3. The van der Waals surface area contributed by atoms with Crippen LogP contribution in [0, 0.1) is 0 Å². The number of fused-ring (bicyclic) bond motifs is 1. The Balaban J connectivity index is 1.46. The van der Waals surface area contributed by atoms with Crippen LogP contribution in [0.4, 0.5) is 5.95 Å². The van der Waals surface area contributed by atoms with Gasteiger partial charge in [0.05, 0.1) is 11.0 Å². The van der Waals surface area contributed by atoms with E-state index in [1.54, 1.807) is 42.7 Å². The quantitative estimate of drug-likeness (QED) is 0.598. The number of benzene rings is 2. The molecule has 0 atom stereocenters. The SMILES string of the molecule is O=C(Nc1nc2ccccc2[nH]1)c1ccc(Oc2ncccn2)cc1. The molecule has 122 valence electrons. The van der Waals surface area contributed by atoms with Gasteiger partial charge in [-0.15, -0.1) is 0 Å². The Morgan fingerprint density at radius 2 is 1.72 bits per heavy atom. The Morgan fingerprint density at radius 1 is 0.960 bits per heavy atom. The lowest BCUT2D eigenvalue weighted by Gasteiger charge is -2.05. The number of rotatable bonds is 4. The summed E-state index contributed by atoms with van der Waals surface area (Å²) in [6.07, 6.45) is 3.19. The zero-order valence-corrected chi connectivity index (χ0v) is 13.0. The highest BCUT2D eigenvalue weighted by atomic mass is 16.5. The minimum absolute atomic E-state index is 0.252. The zero-order chi connectivity index (χ0) is 17.1. The number of nitrogens with one attached hydrogen (secondary N) is 2. The van der Waals surface area contributed by atoms with Gasteiger partial charge < -0.3 is 9.72 Å². The Morgan fingerprint density at radius 3 is 2.48 bits per heavy atom. The van der Waals surface area contributed by atoms with Crippen molar-refractivity contribution in [2.45, 2.75) is 0 Å². The van der Waals surface area contributed by atoms with Crippen LogP contribution in [0.5, 0.6) is 11.8 Å². The van der Waals surface area contributed by atoms with Gasteiger partial charge in [-0.05, 0) is 42.5 Å². The second-order valence-electron chi connectivity index (χ2n) is 5.21. The number of ether oxygens (including phenoxy) is 1. The van der Waals surface area contributed by atoms with E-state index in [4.69, 9.17) is 4.74 Å². The van der Waals surface area contributed by atoms with Crippen molar-refractivity contribution >= 4 is 22.9 Å². The van der Waals surface area contributed by atoms with E-state index < -0.39 is 0 Å². The van der Waals surface area contributed by atoms with Crippen molar-refractivity contribution in [3.8, 4) is 11.8 Å². The minimum atomic E-state index is -0.262. The molecule has 4 aromatic rings. The van der Waals surface area contributed by atoms with Gasteiger partial charge in [-0.2, -0.15) is 0 Å². The molecular weight excluding hydrogens is 318 g/mol. The second-order valence-corrected chi connectivity index (χ2v) is 5.21. The number of hydrogen-bond donors (Lipinski definition) is 2. The van der Waals surface area contributed by atoms with Gasteiger partial charge in [0.15, 0.2) is 0 Å². The van der Waals surface area contributed by atoms with Crippen LogP contribution in [-0.2, 0) is 0 Å². The monoisotopic (exact) mass is 331 g/mol. The van der Waals surface area contributed by atoms with E-state index in [1.165, 1.54) is 0 Å². The van der Waals surface area contributed by atoms with E-state index in [9.17, 15) is 4.79 Å². The third-order valence-electron chi connectivity index (χ3n) is 3.49. The first kappa shape index (κ1) is 14.8. The molecule has 2 aromatic heterocycles. The van der Waals surface area contributed by atoms with Gasteiger partial charge in [-0.3, -0.25) is 10.1 Å². The van der Waals surface area contributed by atoms with Crippen molar-refractivity contribution in [2.24, 2.45) is 0 Å². The largest absolute Gasteiger partial charge is 0.424 e. The van der Waals surface area contributed by atoms with Gasteiger partial charge in [0.25, 0.3) is 5.91 Å². The average Bonchev–Trinajstić information content (AvgIpc) is 3.05. The fraction of sp³-hybridized carbons (Fsp3) is 0. The summed E-state index contributed by atoms with van der Waals surface area (Å²) < 4.78 is 5.50. The maximum atomic E-state index is 12.3. The molecule has 2 heterocycles. The van der Waals surface area contributed by atoms with Crippen molar-refractivity contribution in [3.05, 3.63) is 72.6 Å². The predicted molar refractivity (Wildman–Crippen MR) is 92.6 cm³/mol. The van der Waals surface area contributed by atoms with Crippen molar-refractivity contribution in [1.29, 1.82) is 0 Å². The number of hydrogen-bond acceptors (Lipinski definition) is 5. The van der Waals surface area contributed by atoms with Crippen molar-refractivity contribution in [3.63, 3.8) is 0 Å². The number of imidazole rings is 1. The summed E-state index contributed by atoms with van der Waals surface area (Å²) in [4.78, 5) is 27.7. The smallest absolute Gasteiger partial charge is 0.321 e. The van der Waals surface area contributed by atoms with Crippen LogP contribution < -0.4 is 10.1 Å². The minimum Gasteiger partial charge on any atom is -0.424 e. The fourth-order valence-corrected chi connectivity index (χ4v) is 2.31. The predicted octanol–water partition coefficient (Wildman–Crippen LogP) is 3.40. The number of carbonyl (C=O) groups excluding carboxylic acids is 1. The number of amides is 1. The van der Waals surface area contributed by atoms with E-state index in [0.717, 1.165) is 11.0 Å². The Kier molecular flexibility index (Phi) is 3.80. The summed E-state index contributed by atoms with van der Waals surface area (Å²) in [7, 11) is 0. The summed E-state index contributed by atoms with van der Waals surface area (Å²) in [5.41, 5.74) is 2.15. The van der Waals surface area contributed by atoms with Gasteiger partial charge in [0.1, 0.15) is 5.75 Å². The molecule has 0 radical (unpaired) electrons. The van der Waals surface area contributed by atoms with Crippen LogP contribution in [0.1, 0.15) is 10.4 Å². The topological polar surface area (TPSA) is 92.8 Å². The molecule has 0 bridgehead atoms. The van der Waals surface area contributed by atoms with Crippen molar-refractivity contribution in [2.75, 3.05) is 5.32 Å². The molecule has 4 rings (SSSR count). The fourth-order valence-electron chi connectivity index (χ4n) is 2.31. The molecule has 1 amide bonds. The number of para-hydroxylation sites is 2. The molecule has 0 saturated carbocycles. The molecule has 0 saturated heterocycles. The first-order valence-electron chi connectivity index (χ1n) is 7.59. The highest BCUT2D eigenvalue weighted by molar-refractivity contribution is 6.04. The molecule has 25 heavy (non-hydrogen) atoms. The van der Waals surface area contributed by atoms with Gasteiger partial charge in [0, 0.05) is 18.0 Å². The van der Waals surface area contributed by atoms with Gasteiger partial charge in [0.2, 0.25) is 5.95 Å². The van der Waals surface area contributed by atoms with Crippen molar-refractivity contribution in [1.82, 2.24) is 19.9 Å². The molecule has 0 aliphatic carbocycles. The molecule has 0 spiro atoms. The van der Waals surface area contributed by atoms with Crippen LogP contribution in [0.2, 0.25) is 0 Å². The number of nitrogens with zero attached hydrogens (tertiary/aromatic N) is 3. The third kappa shape index (κ3) is 3.30. The summed E-state index contributed by atoms with van der Waals surface area (Å²) in [6, 6.07) is 16.2. The van der Waals surface area contributed by atoms with Crippen LogP contribution in [0.3, 0.4) is 0 Å². The standard InChI is InChI=1S/C18H13N5O2/c24-16(23-17-21-14-4-1-2-5-15(14)22-17)12-6-8-13(9-7-12)25-18-19-10-3-11-20-18/h1-11H,(H2,21,22,23,24). The molecule has 2 aromatic carbocycles. The molecule has 7 heteroatoms. The highest BCUT2D eigenvalue weighted by Gasteiger charge is 2.09. The molecule has 7 nitrogen and oxygen atoms in total. The summed E-state index contributed by atoms with van der Waals surface area (Å²) in [6.45, 7) is 0. The normalized spacial score (nSPS) is 10.6. The van der Waals surface area contributed by atoms with E-state index in [0.29, 0.717) is 17.3 Å². The molecule has 0 fully saturated rings. The van der Waals surface area contributed by atoms with Crippen LogP contribution in [0.25, 0.3) is 11.0 Å². The number of aromatic amines is 1. The lowest BCUT2D eigenvalue weighted by molar-refractivity contribution is 0.102. The number of carbonyl (C=O) groups is 1. The zero-order valence-electron chi connectivity index (χ0n) is 13.0. The summed E-state index contributed by atoms with van der Waals surface area (Å²) >= 11 is 0. The van der Waals surface area contributed by atoms with Gasteiger partial charge in [-0.25, -0.2) is 15.0 Å². The second kappa shape index (κ2) is 6.40. The Bertz CT molecular complexity index is 980. The lowest BCUT2D eigenvalue weighted by atomic mass is 10.2. The summed E-state index contributed by atoms with van der Waals surface area (Å²) in [5, 5.41) is 2.75. The maximum Gasteiger partial charge on any atom is 0.321 e. The van der Waals surface area contributed by atoms with Gasteiger partial charge in [-0.1, -0.05) is 12.1 Å². The Hall–Kier alpha value is -3.74. The van der Waals surface area contributed by atoms with E-state index in [1.807, 2.05) is 24.3 Å². The van der Waals surface area contributed by atoms with Crippen molar-refractivity contribution < 1.29 is 9.53 Å². The third-order valence-corrected chi connectivity index (χ3v) is 3.49. The van der Waals surface area contributed by atoms with E-state index >= 15 is 0 Å². The molecule has 2 N–H and O–H groups in total. The Labute approximate surface area is 142 Å². The highest BCUT2D eigenvalue weighted by Crippen LogP contribution is 2.19. The van der Waals surface area contributed by atoms with Crippen LogP contribution in [0.15, 0.2) is 67.0 Å². The van der Waals surface area contributed by atoms with Gasteiger partial charge >= 0.3 is 6.01 Å². The number of anilines is 1. The lowest BCUT2D eigenvalue weighted by Crippen LogP contribution is -2.12. The van der Waals surface area contributed by atoms with Crippen LogP contribution >= 0.6 is 0 Å². The molecular formula is C18H13N5O2. The van der Waals surface area contributed by atoms with E-state index in [2.05, 4.69) is 25.3 Å². The maximum absolute atomic E-state index is 12.3. The molecule has 0 aliphatic heterocycles. The first-order valence-corrected chi connectivity index (χ1v) is 7.59. The molecule has 0 aliphatic rings. The summed E-state index contributed by atoms with van der Waals surface area (Å²) in [5.74, 6) is 0.692. The number of aromatic nitrogens is 4. The van der Waals surface area contributed by atoms with Crippen LogP contribution in [-0.4, -0.2) is 25.8 Å².